The van der Waals surface area contributed by atoms with Crippen molar-refractivity contribution in [3.05, 3.63) is 61.1 Å². The molecule has 2 amide bonds. The molecule has 3 heterocycles. The summed E-state index contributed by atoms with van der Waals surface area (Å²) in [4.78, 5) is 28.7. The Morgan fingerprint density at radius 2 is 1.83 bits per heavy atom. The van der Waals surface area contributed by atoms with E-state index in [-0.39, 0.29) is 11.7 Å². The summed E-state index contributed by atoms with van der Waals surface area (Å²) in [7, 11) is 0. The van der Waals surface area contributed by atoms with Crippen LogP contribution >= 0.6 is 45.9 Å². The predicted octanol–water partition coefficient (Wildman–Crippen LogP) is 4.71. The van der Waals surface area contributed by atoms with Gasteiger partial charge < -0.3 is 15.2 Å². The van der Waals surface area contributed by atoms with Crippen LogP contribution in [0.4, 0.5) is 0 Å². The normalized spacial score (nSPS) is 14.6. The summed E-state index contributed by atoms with van der Waals surface area (Å²) in [5, 5.41) is 20.3. The van der Waals surface area contributed by atoms with Crippen molar-refractivity contribution in [2.45, 2.75) is 6.92 Å². The molecule has 1 aliphatic rings. The summed E-state index contributed by atoms with van der Waals surface area (Å²) in [5.74, 6) is -0.614. The van der Waals surface area contributed by atoms with Crippen LogP contribution in [-0.2, 0) is 4.74 Å². The molecule has 0 spiro atoms. The van der Waals surface area contributed by atoms with E-state index in [0.29, 0.717) is 55.7 Å². The first-order valence-electron chi connectivity index (χ1n) is 11.1. The van der Waals surface area contributed by atoms with Crippen LogP contribution in [0, 0.1) is 0 Å². The van der Waals surface area contributed by atoms with Crippen LogP contribution in [0.2, 0.25) is 10.0 Å². The highest BCUT2D eigenvalue weighted by molar-refractivity contribution is 7.16. The van der Waals surface area contributed by atoms with Crippen LogP contribution in [0.15, 0.2) is 40.8 Å². The van der Waals surface area contributed by atoms with E-state index < -0.39 is 5.91 Å². The number of hydrogen-bond acceptors (Lipinski definition) is 8. The third-order valence-electron chi connectivity index (χ3n) is 5.53. The zero-order chi connectivity index (χ0) is 25.7. The molecule has 0 atom stereocenters. The minimum atomic E-state index is -0.439. The fourth-order valence-electron chi connectivity index (χ4n) is 3.52. The summed E-state index contributed by atoms with van der Waals surface area (Å²) < 4.78 is 5.32. The van der Waals surface area contributed by atoms with Crippen LogP contribution < -0.4 is 10.7 Å². The van der Waals surface area contributed by atoms with Gasteiger partial charge in [0.25, 0.3) is 11.8 Å². The number of thiophene rings is 2. The lowest BCUT2D eigenvalue weighted by atomic mass is 10.1. The minimum absolute atomic E-state index is 0.0426. The number of hydrogen-bond donors (Lipinski definition) is 3. The highest BCUT2D eigenvalue weighted by Crippen LogP contribution is 2.40. The number of benzene rings is 1. The van der Waals surface area contributed by atoms with Crippen molar-refractivity contribution in [2.24, 2.45) is 5.10 Å². The Hall–Kier alpha value is -2.47. The lowest BCUT2D eigenvalue weighted by molar-refractivity contribution is 0.0383. The van der Waals surface area contributed by atoms with E-state index >= 15 is 0 Å². The number of ether oxygens (including phenoxy) is 1. The lowest BCUT2D eigenvalue weighted by Crippen LogP contribution is -2.41. The molecule has 0 bridgehead atoms. The number of hydrazone groups is 1. The van der Waals surface area contributed by atoms with E-state index in [1.165, 1.54) is 11.3 Å². The Labute approximate surface area is 226 Å². The molecular weight excluding hydrogens is 543 g/mol. The largest absolute Gasteiger partial charge is 0.506 e. The molecule has 2 aromatic heterocycles. The number of nitrogens with zero attached hydrogens (tertiary/aromatic N) is 2. The monoisotopic (exact) mass is 566 g/mol. The third kappa shape index (κ3) is 6.44. The van der Waals surface area contributed by atoms with E-state index in [1.54, 1.807) is 42.6 Å². The summed E-state index contributed by atoms with van der Waals surface area (Å²) in [5.41, 5.74) is 4.14. The summed E-state index contributed by atoms with van der Waals surface area (Å²) in [6, 6.07) is 8.32. The van der Waals surface area contributed by atoms with Gasteiger partial charge in [-0.25, -0.2) is 5.43 Å². The van der Waals surface area contributed by atoms with E-state index in [4.69, 9.17) is 27.9 Å². The van der Waals surface area contributed by atoms with Gasteiger partial charge in [-0.2, -0.15) is 5.10 Å². The number of nitrogens with one attached hydrogen (secondary N) is 2. The molecule has 1 saturated heterocycles. The van der Waals surface area contributed by atoms with E-state index in [1.807, 2.05) is 0 Å². The van der Waals surface area contributed by atoms with Gasteiger partial charge in [0, 0.05) is 31.6 Å². The van der Waals surface area contributed by atoms with Crippen molar-refractivity contribution in [3.63, 3.8) is 0 Å². The molecule has 0 saturated carbocycles. The second-order valence-electron chi connectivity index (χ2n) is 7.97. The van der Waals surface area contributed by atoms with Crippen LogP contribution in [0.3, 0.4) is 0 Å². The Morgan fingerprint density at radius 3 is 2.56 bits per heavy atom. The number of carbonyl (C=O) groups is 2. The van der Waals surface area contributed by atoms with Crippen molar-refractivity contribution in [1.82, 2.24) is 15.6 Å². The second-order valence-corrected chi connectivity index (χ2v) is 10.7. The first-order valence-corrected chi connectivity index (χ1v) is 13.6. The number of rotatable bonds is 8. The maximum atomic E-state index is 12.6. The van der Waals surface area contributed by atoms with Crippen molar-refractivity contribution >= 4 is 63.4 Å². The number of carbonyl (C=O) groups excluding carboxylic acids is 2. The molecule has 1 aromatic carbocycles. The van der Waals surface area contributed by atoms with Crippen molar-refractivity contribution < 1.29 is 19.4 Å². The molecule has 8 nitrogen and oxygen atoms in total. The summed E-state index contributed by atoms with van der Waals surface area (Å²) >= 11 is 14.5. The standard InChI is InChI=1S/C24H24Cl2N4O4S2/c1-14(16-13-35-22(21(16)31)15-2-3-17(25)18(26)12-15)28-29-24(33)20-5-4-19(36-20)23(32)27-6-7-30-8-10-34-11-9-30/h2-5,12-13,31H,6-11H2,1H3,(H,27,32)(H,29,33)/b28-14+. The third-order valence-corrected chi connectivity index (χ3v) is 8.37. The molecule has 0 aliphatic carbocycles. The van der Waals surface area contributed by atoms with Gasteiger partial charge in [-0.05, 0) is 36.8 Å². The van der Waals surface area contributed by atoms with Crippen LogP contribution in [-0.4, -0.2) is 66.9 Å². The Bertz CT molecular complexity index is 1280. The number of aromatic hydroxyl groups is 1. The molecule has 3 N–H and O–H groups in total. The summed E-state index contributed by atoms with van der Waals surface area (Å²) in [6.07, 6.45) is 0. The average Bonchev–Trinajstić information content (AvgIpc) is 3.52. The van der Waals surface area contributed by atoms with Crippen molar-refractivity contribution in [2.75, 3.05) is 39.4 Å². The van der Waals surface area contributed by atoms with Gasteiger partial charge in [0.15, 0.2) is 0 Å². The number of morpholine rings is 1. The van der Waals surface area contributed by atoms with E-state index in [0.717, 1.165) is 36.5 Å². The fourth-order valence-corrected chi connectivity index (χ4v) is 5.63. The van der Waals surface area contributed by atoms with Crippen LogP contribution in [0.25, 0.3) is 10.4 Å². The maximum absolute atomic E-state index is 12.6. The molecule has 3 aromatic rings. The van der Waals surface area contributed by atoms with Gasteiger partial charge in [-0.15, -0.1) is 22.7 Å². The molecule has 1 aliphatic heterocycles. The molecule has 1 fully saturated rings. The Balaban J connectivity index is 1.34. The number of amides is 2. The van der Waals surface area contributed by atoms with Gasteiger partial charge in [0.2, 0.25) is 0 Å². The van der Waals surface area contributed by atoms with E-state index in [2.05, 4.69) is 20.7 Å². The van der Waals surface area contributed by atoms with E-state index in [9.17, 15) is 14.7 Å². The quantitative estimate of drug-likeness (QED) is 0.271. The van der Waals surface area contributed by atoms with Gasteiger partial charge >= 0.3 is 0 Å². The fraction of sp³-hybridized carbons (Fsp3) is 0.292. The van der Waals surface area contributed by atoms with Gasteiger partial charge in [-0.3, -0.25) is 14.5 Å². The Morgan fingerprint density at radius 1 is 1.11 bits per heavy atom. The Kier molecular flexibility index (Phi) is 9.00. The SMILES string of the molecule is C/C(=N\NC(=O)c1ccc(C(=O)NCCN2CCOCC2)s1)c1csc(-c2ccc(Cl)c(Cl)c2)c1O. The van der Waals surface area contributed by atoms with Crippen LogP contribution in [0.5, 0.6) is 5.75 Å². The smallest absolute Gasteiger partial charge is 0.281 e. The van der Waals surface area contributed by atoms with Crippen molar-refractivity contribution in [1.29, 1.82) is 0 Å². The number of halogens is 2. The molecule has 12 heteroatoms. The molecule has 190 valence electrons. The highest BCUT2D eigenvalue weighted by Gasteiger charge is 2.17. The molecular formula is C24H24Cl2N4O4S2. The zero-order valence-corrected chi connectivity index (χ0v) is 22.5. The maximum Gasteiger partial charge on any atom is 0.281 e. The lowest BCUT2D eigenvalue weighted by Gasteiger charge is -2.26. The average molecular weight is 568 g/mol. The zero-order valence-electron chi connectivity index (χ0n) is 19.3. The first kappa shape index (κ1) is 26.6. The molecule has 0 unspecified atom stereocenters. The molecule has 0 radical (unpaired) electrons. The topological polar surface area (TPSA) is 103 Å². The summed E-state index contributed by atoms with van der Waals surface area (Å²) in [6.45, 7) is 6.11. The van der Waals surface area contributed by atoms with Gasteiger partial charge in [-0.1, -0.05) is 29.3 Å². The van der Waals surface area contributed by atoms with Gasteiger partial charge in [0.1, 0.15) is 5.75 Å². The van der Waals surface area contributed by atoms with Crippen LogP contribution in [0.1, 0.15) is 31.8 Å². The van der Waals surface area contributed by atoms with Crippen molar-refractivity contribution in [3.8, 4) is 16.2 Å². The molecule has 4 rings (SSSR count). The first-order chi connectivity index (χ1) is 17.3. The minimum Gasteiger partial charge on any atom is -0.506 e. The molecule has 36 heavy (non-hydrogen) atoms. The second kappa shape index (κ2) is 12.2. The predicted molar refractivity (Wildman–Crippen MR) is 145 cm³/mol. The van der Waals surface area contributed by atoms with Gasteiger partial charge in [0.05, 0.1) is 49.2 Å². The highest BCUT2D eigenvalue weighted by atomic mass is 35.5.